The second-order valence-corrected chi connectivity index (χ2v) is 3.26. The lowest BCUT2D eigenvalue weighted by atomic mass is 10.3. The van der Waals surface area contributed by atoms with Gasteiger partial charge in [-0.05, 0) is 25.4 Å². The zero-order valence-corrected chi connectivity index (χ0v) is 7.13. The van der Waals surface area contributed by atoms with Crippen molar-refractivity contribution in [3.8, 4) is 0 Å². The summed E-state index contributed by atoms with van der Waals surface area (Å²) >= 11 is 0.594. The van der Waals surface area contributed by atoms with Crippen molar-refractivity contribution in [2.24, 2.45) is 0 Å². The SMILES string of the molecule is CCCCN(C)SC(F)F. The number of hydrogen-bond acceptors (Lipinski definition) is 2. The Morgan fingerprint density at radius 3 is 2.50 bits per heavy atom. The van der Waals surface area contributed by atoms with Gasteiger partial charge in [0.05, 0.1) is 0 Å². The molecule has 0 saturated heterocycles. The molecule has 0 saturated carbocycles. The van der Waals surface area contributed by atoms with E-state index in [1.54, 1.807) is 11.4 Å². The van der Waals surface area contributed by atoms with Gasteiger partial charge in [-0.2, -0.15) is 8.78 Å². The van der Waals surface area contributed by atoms with Crippen LogP contribution in [0.2, 0.25) is 0 Å². The van der Waals surface area contributed by atoms with Crippen molar-refractivity contribution in [1.82, 2.24) is 4.31 Å². The molecule has 0 aromatic carbocycles. The Labute approximate surface area is 64.9 Å². The van der Waals surface area contributed by atoms with E-state index in [9.17, 15) is 8.78 Å². The standard InChI is InChI=1S/C6H13F2NS/c1-3-4-5-9(2)10-6(7)8/h6H,3-5H2,1-2H3. The van der Waals surface area contributed by atoms with Crippen LogP contribution in [0.1, 0.15) is 19.8 Å². The second-order valence-electron chi connectivity index (χ2n) is 2.07. The highest BCUT2D eigenvalue weighted by molar-refractivity contribution is 7.97. The van der Waals surface area contributed by atoms with Crippen molar-refractivity contribution in [1.29, 1.82) is 0 Å². The van der Waals surface area contributed by atoms with Gasteiger partial charge in [0.15, 0.2) is 0 Å². The van der Waals surface area contributed by atoms with Crippen molar-refractivity contribution in [3.63, 3.8) is 0 Å². The molecular formula is C6H13F2NS. The van der Waals surface area contributed by atoms with Crippen molar-refractivity contribution < 1.29 is 8.78 Å². The molecule has 0 heterocycles. The van der Waals surface area contributed by atoms with Crippen LogP contribution in [0.3, 0.4) is 0 Å². The predicted octanol–water partition coefficient (Wildman–Crippen LogP) is 2.59. The van der Waals surface area contributed by atoms with Crippen LogP contribution >= 0.6 is 11.9 Å². The van der Waals surface area contributed by atoms with Crippen LogP contribution < -0.4 is 0 Å². The summed E-state index contributed by atoms with van der Waals surface area (Å²) in [6, 6.07) is 0. The number of nitrogens with zero attached hydrogens (tertiary/aromatic N) is 1. The van der Waals surface area contributed by atoms with Crippen molar-refractivity contribution >= 4 is 11.9 Å². The molecule has 10 heavy (non-hydrogen) atoms. The monoisotopic (exact) mass is 169 g/mol. The first-order valence-electron chi connectivity index (χ1n) is 3.33. The van der Waals surface area contributed by atoms with Gasteiger partial charge in [-0.15, -0.1) is 0 Å². The highest BCUT2D eigenvalue weighted by Gasteiger charge is 2.06. The van der Waals surface area contributed by atoms with Crippen LogP contribution in [-0.4, -0.2) is 23.7 Å². The molecule has 0 aromatic rings. The Morgan fingerprint density at radius 2 is 2.10 bits per heavy atom. The van der Waals surface area contributed by atoms with Gasteiger partial charge >= 0.3 is 0 Å². The van der Waals surface area contributed by atoms with E-state index < -0.39 is 5.76 Å². The van der Waals surface area contributed by atoms with Crippen LogP contribution in [0.4, 0.5) is 8.78 Å². The van der Waals surface area contributed by atoms with Gasteiger partial charge in [0.25, 0.3) is 5.76 Å². The van der Waals surface area contributed by atoms with Crippen LogP contribution in [0.25, 0.3) is 0 Å². The first kappa shape index (κ1) is 10.2. The third-order valence-corrected chi connectivity index (χ3v) is 1.79. The third kappa shape index (κ3) is 6.29. The molecule has 0 fully saturated rings. The maximum absolute atomic E-state index is 11.6. The molecule has 0 aliphatic carbocycles. The summed E-state index contributed by atoms with van der Waals surface area (Å²) in [4.78, 5) is 0. The van der Waals surface area contributed by atoms with Gasteiger partial charge in [-0.25, -0.2) is 4.31 Å². The molecule has 0 aliphatic rings. The Morgan fingerprint density at radius 1 is 1.50 bits per heavy atom. The van der Waals surface area contributed by atoms with E-state index in [2.05, 4.69) is 0 Å². The summed E-state index contributed by atoms with van der Waals surface area (Å²) in [6.45, 7) is 2.78. The number of halogens is 2. The number of hydrogen-bond donors (Lipinski definition) is 0. The number of rotatable bonds is 5. The number of alkyl halides is 2. The fourth-order valence-corrected chi connectivity index (χ4v) is 1.08. The zero-order valence-electron chi connectivity index (χ0n) is 6.31. The van der Waals surface area contributed by atoms with E-state index in [0.717, 1.165) is 19.4 Å². The van der Waals surface area contributed by atoms with Crippen LogP contribution in [0, 0.1) is 0 Å². The summed E-state index contributed by atoms with van der Waals surface area (Å²) in [5.74, 6) is -2.28. The lowest BCUT2D eigenvalue weighted by Crippen LogP contribution is -2.12. The molecule has 0 N–H and O–H groups in total. The van der Waals surface area contributed by atoms with Gasteiger partial charge in [0.1, 0.15) is 0 Å². The third-order valence-electron chi connectivity index (χ3n) is 1.09. The molecule has 0 bridgehead atoms. The van der Waals surface area contributed by atoms with Crippen molar-refractivity contribution in [2.45, 2.75) is 25.5 Å². The van der Waals surface area contributed by atoms with E-state index in [-0.39, 0.29) is 0 Å². The topological polar surface area (TPSA) is 3.24 Å². The largest absolute Gasteiger partial charge is 0.298 e. The minimum Gasteiger partial charge on any atom is -0.249 e. The predicted molar refractivity (Wildman–Crippen MR) is 41.1 cm³/mol. The van der Waals surface area contributed by atoms with Crippen molar-refractivity contribution in [2.75, 3.05) is 13.6 Å². The molecule has 0 aliphatic heterocycles. The zero-order chi connectivity index (χ0) is 7.98. The fraction of sp³-hybridized carbons (Fsp3) is 1.00. The van der Waals surface area contributed by atoms with Gasteiger partial charge in [-0.1, -0.05) is 13.3 Å². The Bertz CT molecular complexity index is 80.1. The highest BCUT2D eigenvalue weighted by atomic mass is 32.2. The summed E-state index contributed by atoms with van der Waals surface area (Å²) in [5.41, 5.74) is 0. The minimum absolute atomic E-state index is 0.594. The maximum atomic E-state index is 11.6. The van der Waals surface area contributed by atoms with Crippen LogP contribution in [0.15, 0.2) is 0 Å². The smallest absolute Gasteiger partial charge is 0.249 e. The van der Waals surface area contributed by atoms with Crippen molar-refractivity contribution in [3.05, 3.63) is 0 Å². The van der Waals surface area contributed by atoms with Gasteiger partial charge in [0.2, 0.25) is 0 Å². The van der Waals surface area contributed by atoms with E-state index in [1.165, 1.54) is 0 Å². The molecule has 0 rings (SSSR count). The summed E-state index contributed by atoms with van der Waals surface area (Å²) in [6.07, 6.45) is 2.03. The van der Waals surface area contributed by atoms with Gasteiger partial charge < -0.3 is 0 Å². The maximum Gasteiger partial charge on any atom is 0.298 e. The van der Waals surface area contributed by atoms with Gasteiger partial charge in [-0.3, -0.25) is 0 Å². The van der Waals surface area contributed by atoms with Gasteiger partial charge in [0, 0.05) is 6.54 Å². The molecule has 0 atom stereocenters. The molecule has 62 valence electrons. The molecule has 0 amide bonds. The quantitative estimate of drug-likeness (QED) is 0.582. The van der Waals surface area contributed by atoms with E-state index >= 15 is 0 Å². The molecule has 0 aromatic heterocycles. The molecule has 1 nitrogen and oxygen atoms in total. The summed E-state index contributed by atoms with van der Waals surface area (Å²) in [5, 5.41) is 0. The van der Waals surface area contributed by atoms with E-state index in [1.807, 2.05) is 6.92 Å². The molecule has 0 spiro atoms. The fourth-order valence-electron chi connectivity index (χ4n) is 0.570. The highest BCUT2D eigenvalue weighted by Crippen LogP contribution is 2.17. The molecule has 0 unspecified atom stereocenters. The number of unbranched alkanes of at least 4 members (excludes halogenated alkanes) is 1. The summed E-state index contributed by atoms with van der Waals surface area (Å²) < 4.78 is 24.8. The first-order valence-corrected chi connectivity index (χ1v) is 4.16. The van der Waals surface area contributed by atoms with E-state index in [0.29, 0.717) is 11.9 Å². The lowest BCUT2D eigenvalue weighted by molar-refractivity contribution is 0.245. The Balaban J connectivity index is 3.16. The van der Waals surface area contributed by atoms with Crippen LogP contribution in [-0.2, 0) is 0 Å². The average Bonchev–Trinajstić information content (AvgIpc) is 1.82. The first-order chi connectivity index (χ1) is 4.66. The second kappa shape index (κ2) is 5.92. The van der Waals surface area contributed by atoms with Crippen LogP contribution in [0.5, 0.6) is 0 Å². The average molecular weight is 169 g/mol. The Kier molecular flexibility index (Phi) is 6.02. The normalized spacial score (nSPS) is 11.4. The molecular weight excluding hydrogens is 156 g/mol. The summed E-state index contributed by atoms with van der Waals surface area (Å²) in [7, 11) is 1.69. The van der Waals surface area contributed by atoms with E-state index in [4.69, 9.17) is 0 Å². The minimum atomic E-state index is -2.28. The Hall–Kier alpha value is 0.170. The lowest BCUT2D eigenvalue weighted by Gasteiger charge is -2.12. The molecule has 4 heteroatoms. The molecule has 0 radical (unpaired) electrons.